The van der Waals surface area contributed by atoms with Crippen LogP contribution in [0.5, 0.6) is 0 Å². The van der Waals surface area contributed by atoms with Gasteiger partial charge in [0.2, 0.25) is 11.8 Å². The van der Waals surface area contributed by atoms with E-state index in [9.17, 15) is 9.59 Å². The first-order valence-electron chi connectivity index (χ1n) is 11.4. The smallest absolute Gasteiger partial charge is 0.256 e. The summed E-state index contributed by atoms with van der Waals surface area (Å²) in [4.78, 5) is 31.4. The molecule has 0 atom stereocenters. The van der Waals surface area contributed by atoms with Crippen LogP contribution < -0.4 is 5.32 Å². The Balaban J connectivity index is 1.36. The quantitative estimate of drug-likeness (QED) is 0.409. The molecule has 6 nitrogen and oxygen atoms in total. The third kappa shape index (κ3) is 4.62. The first-order valence-corrected chi connectivity index (χ1v) is 11.4. The predicted molar refractivity (Wildman–Crippen MR) is 131 cm³/mol. The zero-order chi connectivity index (χ0) is 23.5. The summed E-state index contributed by atoms with van der Waals surface area (Å²) in [5, 5.41) is 2.98. The number of aromatic nitrogens is 1. The standard InChI is InChI=1S/C28H25N3O3/c1-19-11-13-21(14-12-19)25-17-29-28(34-25)24-9-3-2-8-23(24)27(33)30-22-7-4-6-20(16-22)18-31-15-5-10-26(31)32/h2-4,6-9,11-14,16-17H,5,10,15,18H2,1H3,(H,30,33). The maximum Gasteiger partial charge on any atom is 0.256 e. The third-order valence-electron chi connectivity index (χ3n) is 5.97. The highest BCUT2D eigenvalue weighted by molar-refractivity contribution is 6.08. The van der Waals surface area contributed by atoms with Crippen molar-refractivity contribution in [2.45, 2.75) is 26.3 Å². The van der Waals surface area contributed by atoms with Crippen LogP contribution in [0.3, 0.4) is 0 Å². The Morgan fingerprint density at radius 3 is 2.68 bits per heavy atom. The number of hydrogen-bond acceptors (Lipinski definition) is 4. The molecule has 3 aromatic carbocycles. The normalized spacial score (nSPS) is 13.3. The Morgan fingerprint density at radius 2 is 1.88 bits per heavy atom. The van der Waals surface area contributed by atoms with Crippen molar-refractivity contribution in [3.05, 3.63) is 95.7 Å². The number of hydrogen-bond donors (Lipinski definition) is 1. The SMILES string of the molecule is Cc1ccc(-c2cnc(-c3ccccc3C(=O)Nc3cccc(CN4CCCC4=O)c3)o2)cc1. The lowest BCUT2D eigenvalue weighted by Crippen LogP contribution is -2.23. The third-order valence-corrected chi connectivity index (χ3v) is 5.97. The van der Waals surface area contributed by atoms with E-state index in [2.05, 4.69) is 10.3 Å². The summed E-state index contributed by atoms with van der Waals surface area (Å²) in [7, 11) is 0. The minimum Gasteiger partial charge on any atom is -0.436 e. The number of anilines is 1. The van der Waals surface area contributed by atoms with E-state index in [1.54, 1.807) is 12.3 Å². The van der Waals surface area contributed by atoms with Crippen LogP contribution in [0, 0.1) is 6.92 Å². The summed E-state index contributed by atoms with van der Waals surface area (Å²) < 4.78 is 6.01. The molecule has 34 heavy (non-hydrogen) atoms. The van der Waals surface area contributed by atoms with Crippen LogP contribution in [-0.2, 0) is 11.3 Å². The van der Waals surface area contributed by atoms with E-state index in [1.165, 1.54) is 5.56 Å². The molecule has 1 N–H and O–H groups in total. The van der Waals surface area contributed by atoms with Crippen molar-refractivity contribution >= 4 is 17.5 Å². The minimum absolute atomic E-state index is 0.180. The Morgan fingerprint density at radius 1 is 1.06 bits per heavy atom. The van der Waals surface area contributed by atoms with Gasteiger partial charge in [-0.1, -0.05) is 54.1 Å². The van der Waals surface area contributed by atoms with E-state index in [0.717, 1.165) is 24.1 Å². The van der Waals surface area contributed by atoms with Crippen LogP contribution in [0.2, 0.25) is 0 Å². The molecule has 5 rings (SSSR count). The van der Waals surface area contributed by atoms with Gasteiger partial charge in [-0.25, -0.2) is 4.98 Å². The lowest BCUT2D eigenvalue weighted by atomic mass is 10.1. The number of carbonyl (C=O) groups excluding carboxylic acids is 2. The summed E-state index contributed by atoms with van der Waals surface area (Å²) in [5.74, 6) is 0.969. The summed E-state index contributed by atoms with van der Waals surface area (Å²) in [6.45, 7) is 3.37. The molecule has 0 aliphatic carbocycles. The number of aryl methyl sites for hydroxylation is 1. The highest BCUT2D eigenvalue weighted by atomic mass is 16.4. The number of oxazole rings is 1. The van der Waals surface area contributed by atoms with Gasteiger partial charge in [0.05, 0.1) is 11.8 Å². The molecular formula is C28H25N3O3. The highest BCUT2D eigenvalue weighted by Gasteiger charge is 2.21. The van der Waals surface area contributed by atoms with E-state index in [1.807, 2.05) is 78.6 Å². The Hall–Kier alpha value is -4.19. The second kappa shape index (κ2) is 9.35. The van der Waals surface area contributed by atoms with Crippen molar-refractivity contribution in [1.29, 1.82) is 0 Å². The highest BCUT2D eigenvalue weighted by Crippen LogP contribution is 2.29. The number of nitrogens with zero attached hydrogens (tertiary/aromatic N) is 2. The molecule has 170 valence electrons. The van der Waals surface area contributed by atoms with Crippen molar-refractivity contribution in [2.24, 2.45) is 0 Å². The van der Waals surface area contributed by atoms with Crippen molar-refractivity contribution < 1.29 is 14.0 Å². The monoisotopic (exact) mass is 451 g/mol. The maximum atomic E-state index is 13.2. The Bertz CT molecular complexity index is 1340. The maximum absolute atomic E-state index is 13.2. The number of benzene rings is 3. The second-order valence-electron chi connectivity index (χ2n) is 8.51. The fourth-order valence-electron chi connectivity index (χ4n) is 4.15. The van der Waals surface area contributed by atoms with Crippen LogP contribution in [-0.4, -0.2) is 28.2 Å². The van der Waals surface area contributed by atoms with E-state index in [0.29, 0.717) is 41.4 Å². The largest absolute Gasteiger partial charge is 0.436 e. The molecule has 0 unspecified atom stereocenters. The summed E-state index contributed by atoms with van der Waals surface area (Å²) in [5.41, 5.74) is 4.85. The molecule has 0 bridgehead atoms. The molecule has 0 saturated carbocycles. The zero-order valence-corrected chi connectivity index (χ0v) is 19.0. The Labute approximate surface area is 198 Å². The molecule has 1 aliphatic heterocycles. The van der Waals surface area contributed by atoms with Gasteiger partial charge in [-0.05, 0) is 43.2 Å². The molecule has 2 amide bonds. The fraction of sp³-hybridized carbons (Fsp3) is 0.179. The van der Waals surface area contributed by atoms with E-state index >= 15 is 0 Å². The van der Waals surface area contributed by atoms with Gasteiger partial charge < -0.3 is 14.6 Å². The molecule has 2 heterocycles. The van der Waals surface area contributed by atoms with Crippen molar-refractivity contribution in [3.63, 3.8) is 0 Å². The van der Waals surface area contributed by atoms with Gasteiger partial charge in [-0.15, -0.1) is 0 Å². The molecule has 1 saturated heterocycles. The van der Waals surface area contributed by atoms with Gasteiger partial charge in [0.15, 0.2) is 5.76 Å². The Kier molecular flexibility index (Phi) is 5.95. The van der Waals surface area contributed by atoms with Crippen LogP contribution in [0.25, 0.3) is 22.8 Å². The summed E-state index contributed by atoms with van der Waals surface area (Å²) in [6.07, 6.45) is 3.19. The summed E-state index contributed by atoms with van der Waals surface area (Å²) in [6, 6.07) is 22.9. The van der Waals surface area contributed by atoms with Gasteiger partial charge in [-0.3, -0.25) is 9.59 Å². The average molecular weight is 452 g/mol. The van der Waals surface area contributed by atoms with Gasteiger partial charge in [0.25, 0.3) is 5.91 Å². The van der Waals surface area contributed by atoms with Crippen LogP contribution in [0.15, 0.2) is 83.4 Å². The average Bonchev–Trinajstić information content (AvgIpc) is 3.49. The van der Waals surface area contributed by atoms with Gasteiger partial charge in [0, 0.05) is 36.3 Å². The topological polar surface area (TPSA) is 75.4 Å². The van der Waals surface area contributed by atoms with Crippen LogP contribution in [0.1, 0.15) is 34.3 Å². The second-order valence-corrected chi connectivity index (χ2v) is 8.51. The van der Waals surface area contributed by atoms with E-state index in [-0.39, 0.29) is 11.8 Å². The first-order chi connectivity index (χ1) is 16.6. The molecule has 4 aromatic rings. The van der Waals surface area contributed by atoms with Crippen LogP contribution in [0.4, 0.5) is 5.69 Å². The van der Waals surface area contributed by atoms with Crippen molar-refractivity contribution in [2.75, 3.05) is 11.9 Å². The van der Waals surface area contributed by atoms with Gasteiger partial charge in [0.1, 0.15) is 0 Å². The number of likely N-dealkylation sites (tertiary alicyclic amines) is 1. The predicted octanol–water partition coefficient (Wildman–Crippen LogP) is 5.69. The first kappa shape index (κ1) is 21.6. The molecule has 1 aromatic heterocycles. The zero-order valence-electron chi connectivity index (χ0n) is 19.0. The number of nitrogens with one attached hydrogen (secondary N) is 1. The summed E-state index contributed by atoms with van der Waals surface area (Å²) >= 11 is 0. The molecule has 1 aliphatic rings. The minimum atomic E-state index is -0.250. The molecule has 0 spiro atoms. The van der Waals surface area contributed by atoms with Crippen molar-refractivity contribution in [1.82, 2.24) is 9.88 Å². The fourth-order valence-corrected chi connectivity index (χ4v) is 4.15. The number of rotatable bonds is 6. The lowest BCUT2D eigenvalue weighted by Gasteiger charge is -2.16. The van der Waals surface area contributed by atoms with Crippen molar-refractivity contribution in [3.8, 4) is 22.8 Å². The molecule has 0 radical (unpaired) electrons. The molecular weight excluding hydrogens is 426 g/mol. The van der Waals surface area contributed by atoms with Crippen LogP contribution >= 0.6 is 0 Å². The molecule has 1 fully saturated rings. The van der Waals surface area contributed by atoms with Gasteiger partial charge >= 0.3 is 0 Å². The molecule has 6 heteroatoms. The number of carbonyl (C=O) groups is 2. The van der Waals surface area contributed by atoms with E-state index in [4.69, 9.17) is 4.42 Å². The van der Waals surface area contributed by atoms with Gasteiger partial charge in [-0.2, -0.15) is 0 Å². The van der Waals surface area contributed by atoms with E-state index < -0.39 is 0 Å². The number of amides is 2. The lowest BCUT2D eigenvalue weighted by molar-refractivity contribution is -0.128.